The average Bonchev–Trinajstić information content (AvgIpc) is 2.76. The van der Waals surface area contributed by atoms with Crippen LogP contribution in [0.5, 0.6) is 5.88 Å². The third-order valence-corrected chi connectivity index (χ3v) is 2.21. The number of hydrogen-bond donors (Lipinski definition) is 2. The van der Waals surface area contributed by atoms with E-state index in [2.05, 4.69) is 25.3 Å². The van der Waals surface area contributed by atoms with Gasteiger partial charge < -0.3 is 15.0 Å². The largest absolute Gasteiger partial charge is 0.476 e. The highest BCUT2D eigenvalue weighted by molar-refractivity contribution is 5.76. The fourth-order valence-corrected chi connectivity index (χ4v) is 1.41. The van der Waals surface area contributed by atoms with Gasteiger partial charge in [0.1, 0.15) is 5.52 Å². The molecule has 0 radical (unpaired) electrons. The third kappa shape index (κ3) is 3.46. The van der Waals surface area contributed by atoms with E-state index in [1.807, 2.05) is 6.92 Å². The Hall–Kier alpha value is -2.06. The van der Waals surface area contributed by atoms with Crippen LogP contribution in [0.1, 0.15) is 13.3 Å². The van der Waals surface area contributed by atoms with Crippen LogP contribution in [0.3, 0.4) is 0 Å². The number of aromatic nitrogens is 4. The molecule has 0 spiro atoms. The number of H-pyrrole nitrogens is 1. The number of anilines is 1. The first-order valence-corrected chi connectivity index (χ1v) is 5.64. The van der Waals surface area contributed by atoms with Crippen molar-refractivity contribution in [2.75, 3.05) is 18.5 Å². The van der Waals surface area contributed by atoms with Crippen LogP contribution in [-0.4, -0.2) is 39.3 Å². The summed E-state index contributed by atoms with van der Waals surface area (Å²) in [5.74, 6) is 0.326. The van der Waals surface area contributed by atoms with Gasteiger partial charge in [-0.15, -0.1) is 0 Å². The standard InChI is InChI=1S/C10H12F3N5O/c1-2-14-9-17-7-6(15-5-16-7)8(18-9)19-4-3-10(11,12)13/h5H,2-4H2,1H3,(H2,14,15,16,17,18). The van der Waals surface area contributed by atoms with Gasteiger partial charge in [-0.05, 0) is 6.92 Å². The summed E-state index contributed by atoms with van der Waals surface area (Å²) in [5, 5.41) is 2.86. The van der Waals surface area contributed by atoms with Gasteiger partial charge in [-0.25, -0.2) is 4.98 Å². The van der Waals surface area contributed by atoms with Crippen LogP contribution in [0.4, 0.5) is 19.1 Å². The van der Waals surface area contributed by atoms with E-state index < -0.39 is 19.2 Å². The molecule has 19 heavy (non-hydrogen) atoms. The van der Waals surface area contributed by atoms with Crippen molar-refractivity contribution < 1.29 is 17.9 Å². The van der Waals surface area contributed by atoms with Crippen LogP contribution in [0, 0.1) is 0 Å². The number of halogens is 3. The lowest BCUT2D eigenvalue weighted by atomic mass is 10.4. The average molecular weight is 275 g/mol. The topological polar surface area (TPSA) is 75.7 Å². The first kappa shape index (κ1) is 13.4. The van der Waals surface area contributed by atoms with Crippen LogP contribution in [0.15, 0.2) is 6.33 Å². The SMILES string of the molecule is CCNc1nc(OCCC(F)(F)F)c2[nH]cnc2n1. The van der Waals surface area contributed by atoms with Crippen molar-refractivity contribution in [2.24, 2.45) is 0 Å². The molecule has 0 unspecified atom stereocenters. The van der Waals surface area contributed by atoms with Gasteiger partial charge in [0.2, 0.25) is 11.8 Å². The molecular formula is C10H12F3N5O. The number of nitrogens with one attached hydrogen (secondary N) is 2. The lowest BCUT2D eigenvalue weighted by molar-refractivity contribution is -0.139. The first-order chi connectivity index (χ1) is 8.99. The Balaban J connectivity index is 2.18. The molecule has 2 aromatic heterocycles. The number of ether oxygens (including phenoxy) is 1. The monoisotopic (exact) mass is 275 g/mol. The summed E-state index contributed by atoms with van der Waals surface area (Å²) in [6.45, 7) is 1.93. The maximum absolute atomic E-state index is 12.1. The van der Waals surface area contributed by atoms with Crippen molar-refractivity contribution in [1.29, 1.82) is 0 Å². The van der Waals surface area contributed by atoms with Crippen molar-refractivity contribution in [3.05, 3.63) is 6.33 Å². The van der Waals surface area contributed by atoms with Crippen LogP contribution in [-0.2, 0) is 0 Å². The minimum atomic E-state index is -4.26. The van der Waals surface area contributed by atoms with Crippen molar-refractivity contribution in [1.82, 2.24) is 19.9 Å². The molecule has 2 heterocycles. The second kappa shape index (κ2) is 5.29. The Morgan fingerprint density at radius 3 is 2.84 bits per heavy atom. The second-order valence-electron chi connectivity index (χ2n) is 3.70. The van der Waals surface area contributed by atoms with Crippen LogP contribution in [0.25, 0.3) is 11.2 Å². The molecule has 0 aliphatic carbocycles. The minimum Gasteiger partial charge on any atom is -0.476 e. The molecule has 0 aliphatic rings. The maximum Gasteiger partial charge on any atom is 0.392 e. The normalized spacial score (nSPS) is 11.8. The predicted octanol–water partition coefficient (Wildman–Crippen LogP) is 2.12. The van der Waals surface area contributed by atoms with E-state index in [0.717, 1.165) is 0 Å². The third-order valence-electron chi connectivity index (χ3n) is 2.21. The zero-order chi connectivity index (χ0) is 13.9. The molecule has 0 aliphatic heterocycles. The molecule has 6 nitrogen and oxygen atoms in total. The second-order valence-corrected chi connectivity index (χ2v) is 3.70. The summed E-state index contributed by atoms with van der Waals surface area (Å²) in [6, 6.07) is 0. The van der Waals surface area contributed by atoms with Crippen LogP contribution < -0.4 is 10.1 Å². The molecule has 0 aromatic carbocycles. The van der Waals surface area contributed by atoms with E-state index in [-0.39, 0.29) is 11.8 Å². The number of fused-ring (bicyclic) bond motifs is 1. The highest BCUT2D eigenvalue weighted by atomic mass is 19.4. The summed E-state index contributed by atoms with van der Waals surface area (Å²) in [5.41, 5.74) is 0.719. The zero-order valence-corrected chi connectivity index (χ0v) is 10.1. The summed E-state index contributed by atoms with van der Waals surface area (Å²) in [7, 11) is 0. The van der Waals surface area contributed by atoms with Crippen LogP contribution in [0.2, 0.25) is 0 Å². The van der Waals surface area contributed by atoms with Crippen molar-refractivity contribution >= 4 is 17.1 Å². The van der Waals surface area contributed by atoms with Gasteiger partial charge >= 0.3 is 6.18 Å². The fourth-order valence-electron chi connectivity index (χ4n) is 1.41. The zero-order valence-electron chi connectivity index (χ0n) is 10.1. The Morgan fingerprint density at radius 2 is 2.16 bits per heavy atom. The Bertz CT molecular complexity index is 554. The molecule has 0 saturated carbocycles. The molecule has 0 saturated heterocycles. The van der Waals surface area contributed by atoms with E-state index in [1.54, 1.807) is 0 Å². The van der Waals surface area contributed by atoms with Crippen molar-refractivity contribution in [3.8, 4) is 5.88 Å². The van der Waals surface area contributed by atoms with Gasteiger partial charge in [0.15, 0.2) is 5.65 Å². The molecule has 9 heteroatoms. The van der Waals surface area contributed by atoms with Crippen LogP contribution >= 0.6 is 0 Å². The first-order valence-electron chi connectivity index (χ1n) is 5.64. The molecule has 0 bridgehead atoms. The van der Waals surface area contributed by atoms with Gasteiger partial charge in [-0.3, -0.25) is 0 Å². The lowest BCUT2D eigenvalue weighted by Crippen LogP contribution is -2.14. The summed E-state index contributed by atoms with van der Waals surface area (Å²) < 4.78 is 41.3. The van der Waals surface area contributed by atoms with Crippen molar-refractivity contribution in [2.45, 2.75) is 19.5 Å². The predicted molar refractivity (Wildman–Crippen MR) is 62.0 cm³/mol. The van der Waals surface area contributed by atoms with E-state index >= 15 is 0 Å². The molecule has 0 atom stereocenters. The van der Waals surface area contributed by atoms with E-state index in [0.29, 0.717) is 17.7 Å². The summed E-state index contributed by atoms with van der Waals surface area (Å²) in [6.07, 6.45) is -3.92. The number of nitrogens with zero attached hydrogens (tertiary/aromatic N) is 3. The number of imidazole rings is 1. The molecule has 0 fully saturated rings. The fraction of sp³-hybridized carbons (Fsp3) is 0.500. The Kier molecular flexibility index (Phi) is 3.72. The minimum absolute atomic E-state index is 0.0581. The van der Waals surface area contributed by atoms with Gasteiger partial charge in [0, 0.05) is 6.54 Å². The number of rotatable bonds is 5. The lowest BCUT2D eigenvalue weighted by Gasteiger charge is -2.09. The summed E-state index contributed by atoms with van der Waals surface area (Å²) >= 11 is 0. The number of alkyl halides is 3. The quantitative estimate of drug-likeness (QED) is 0.874. The highest BCUT2D eigenvalue weighted by Gasteiger charge is 2.27. The summed E-state index contributed by atoms with van der Waals surface area (Å²) in [4.78, 5) is 14.7. The maximum atomic E-state index is 12.1. The van der Waals surface area contributed by atoms with Crippen molar-refractivity contribution in [3.63, 3.8) is 0 Å². The molecule has 0 amide bonds. The highest BCUT2D eigenvalue weighted by Crippen LogP contribution is 2.23. The van der Waals surface area contributed by atoms with E-state index in [9.17, 15) is 13.2 Å². The van der Waals surface area contributed by atoms with E-state index in [4.69, 9.17) is 4.74 Å². The van der Waals surface area contributed by atoms with Gasteiger partial charge in [-0.1, -0.05) is 0 Å². The number of hydrogen-bond acceptors (Lipinski definition) is 5. The van der Waals surface area contributed by atoms with Gasteiger partial charge in [0.05, 0.1) is 19.4 Å². The van der Waals surface area contributed by atoms with Gasteiger partial charge in [-0.2, -0.15) is 23.1 Å². The molecule has 2 N–H and O–H groups in total. The van der Waals surface area contributed by atoms with E-state index in [1.165, 1.54) is 6.33 Å². The smallest absolute Gasteiger partial charge is 0.392 e. The Morgan fingerprint density at radius 1 is 1.37 bits per heavy atom. The van der Waals surface area contributed by atoms with Gasteiger partial charge in [0.25, 0.3) is 0 Å². The molecule has 2 aromatic rings. The molecular weight excluding hydrogens is 263 g/mol. The number of aromatic amines is 1. The Labute approximate surface area is 106 Å². The molecule has 104 valence electrons. The molecule has 2 rings (SSSR count).